The molecule has 0 saturated carbocycles. The highest BCUT2D eigenvalue weighted by atomic mass is 79.9. The number of fused-ring (bicyclic) bond motifs is 2. The standard InChI is InChI=1S/C12H15BrN2OS/c13-10-4-6-17-11(10)12(16)15-8-1-2-9(15)7-14-5-3-8/h4,6,8-9,14H,1-3,5,7H2. The highest BCUT2D eigenvalue weighted by Crippen LogP contribution is 2.32. The molecule has 2 fully saturated rings. The van der Waals surface area contributed by atoms with Gasteiger partial charge in [-0.25, -0.2) is 0 Å². The predicted molar refractivity (Wildman–Crippen MR) is 72.5 cm³/mol. The Morgan fingerprint density at radius 2 is 2.24 bits per heavy atom. The Morgan fingerprint density at radius 1 is 1.41 bits per heavy atom. The molecule has 2 aliphatic rings. The van der Waals surface area contributed by atoms with Crippen LogP contribution in [-0.4, -0.2) is 36.0 Å². The van der Waals surface area contributed by atoms with Crippen molar-refractivity contribution >= 4 is 33.2 Å². The Hall–Kier alpha value is -0.390. The molecule has 0 radical (unpaired) electrons. The van der Waals surface area contributed by atoms with E-state index in [4.69, 9.17) is 0 Å². The Balaban J connectivity index is 1.88. The lowest BCUT2D eigenvalue weighted by Crippen LogP contribution is -2.42. The summed E-state index contributed by atoms with van der Waals surface area (Å²) >= 11 is 4.99. The van der Waals surface area contributed by atoms with E-state index in [2.05, 4.69) is 26.1 Å². The Kier molecular flexibility index (Phi) is 3.23. The second-order valence-electron chi connectivity index (χ2n) is 4.69. The van der Waals surface area contributed by atoms with Crippen molar-refractivity contribution in [1.29, 1.82) is 0 Å². The molecule has 2 unspecified atom stereocenters. The molecule has 3 rings (SSSR count). The third-order valence-electron chi connectivity index (χ3n) is 3.70. The van der Waals surface area contributed by atoms with Gasteiger partial charge in [0.1, 0.15) is 4.88 Å². The second-order valence-corrected chi connectivity index (χ2v) is 6.46. The number of halogens is 1. The van der Waals surface area contributed by atoms with Crippen molar-refractivity contribution in [2.24, 2.45) is 0 Å². The van der Waals surface area contributed by atoms with Crippen molar-refractivity contribution < 1.29 is 4.79 Å². The number of hydrogen-bond donors (Lipinski definition) is 1. The minimum Gasteiger partial charge on any atom is -0.331 e. The van der Waals surface area contributed by atoms with Gasteiger partial charge in [0.25, 0.3) is 5.91 Å². The van der Waals surface area contributed by atoms with E-state index in [1.54, 1.807) is 0 Å². The highest BCUT2D eigenvalue weighted by molar-refractivity contribution is 9.10. The molecular formula is C12H15BrN2OS. The van der Waals surface area contributed by atoms with Gasteiger partial charge in [0, 0.05) is 23.1 Å². The van der Waals surface area contributed by atoms with Crippen LogP contribution in [0.3, 0.4) is 0 Å². The molecule has 2 aliphatic heterocycles. The van der Waals surface area contributed by atoms with E-state index in [1.165, 1.54) is 17.8 Å². The first-order chi connectivity index (χ1) is 8.27. The maximum Gasteiger partial charge on any atom is 0.265 e. The fourth-order valence-electron chi connectivity index (χ4n) is 2.88. The van der Waals surface area contributed by atoms with Crippen LogP contribution >= 0.6 is 27.3 Å². The van der Waals surface area contributed by atoms with Crippen LogP contribution in [-0.2, 0) is 0 Å². The molecule has 17 heavy (non-hydrogen) atoms. The number of nitrogens with zero attached hydrogens (tertiary/aromatic N) is 1. The van der Waals surface area contributed by atoms with Crippen LogP contribution in [0.4, 0.5) is 0 Å². The average molecular weight is 315 g/mol. The van der Waals surface area contributed by atoms with Gasteiger partial charge in [0.2, 0.25) is 0 Å². The zero-order valence-corrected chi connectivity index (χ0v) is 11.9. The van der Waals surface area contributed by atoms with Crippen molar-refractivity contribution in [3.8, 4) is 0 Å². The van der Waals surface area contributed by atoms with Crippen molar-refractivity contribution in [3.05, 3.63) is 20.8 Å². The van der Waals surface area contributed by atoms with Gasteiger partial charge >= 0.3 is 0 Å². The van der Waals surface area contributed by atoms with Gasteiger partial charge < -0.3 is 10.2 Å². The summed E-state index contributed by atoms with van der Waals surface area (Å²) in [5.74, 6) is 0.211. The Labute approximate surface area is 113 Å². The lowest BCUT2D eigenvalue weighted by atomic mass is 10.1. The summed E-state index contributed by atoms with van der Waals surface area (Å²) < 4.78 is 0.934. The fraction of sp³-hybridized carbons (Fsp3) is 0.583. The van der Waals surface area contributed by atoms with Gasteiger partial charge in [0.15, 0.2) is 0 Å². The minimum absolute atomic E-state index is 0.211. The lowest BCUT2D eigenvalue weighted by molar-refractivity contribution is 0.0684. The molecule has 2 saturated heterocycles. The first kappa shape index (κ1) is 11.7. The third kappa shape index (κ3) is 2.04. The summed E-state index contributed by atoms with van der Waals surface area (Å²) in [6.07, 6.45) is 3.40. The van der Waals surface area contributed by atoms with Crippen LogP contribution in [0.5, 0.6) is 0 Å². The second kappa shape index (κ2) is 4.71. The molecule has 1 aromatic rings. The van der Waals surface area contributed by atoms with Gasteiger partial charge in [-0.1, -0.05) is 0 Å². The smallest absolute Gasteiger partial charge is 0.265 e. The van der Waals surface area contributed by atoms with E-state index in [-0.39, 0.29) is 5.91 Å². The van der Waals surface area contributed by atoms with Crippen molar-refractivity contribution in [2.75, 3.05) is 13.1 Å². The SMILES string of the molecule is O=C(c1sccc1Br)N1C2CCNCC1CC2. The zero-order chi connectivity index (χ0) is 11.8. The van der Waals surface area contributed by atoms with Gasteiger partial charge in [-0.15, -0.1) is 11.3 Å². The molecule has 2 bridgehead atoms. The normalized spacial score (nSPS) is 28.2. The Morgan fingerprint density at radius 3 is 3.00 bits per heavy atom. The summed E-state index contributed by atoms with van der Waals surface area (Å²) in [6, 6.07) is 2.79. The van der Waals surface area contributed by atoms with Crippen LogP contribution in [0.2, 0.25) is 0 Å². The molecule has 5 heteroatoms. The average Bonchev–Trinajstić information content (AvgIpc) is 2.81. The van der Waals surface area contributed by atoms with Crippen LogP contribution in [0.15, 0.2) is 15.9 Å². The van der Waals surface area contributed by atoms with Crippen LogP contribution in [0.25, 0.3) is 0 Å². The van der Waals surface area contributed by atoms with Gasteiger partial charge in [-0.2, -0.15) is 0 Å². The molecular weight excluding hydrogens is 300 g/mol. The molecule has 92 valence electrons. The summed E-state index contributed by atoms with van der Waals surface area (Å²) in [4.78, 5) is 15.5. The largest absolute Gasteiger partial charge is 0.331 e. The predicted octanol–water partition coefficient (Wildman–Crippen LogP) is 2.48. The maximum atomic E-state index is 12.6. The van der Waals surface area contributed by atoms with Crippen LogP contribution in [0.1, 0.15) is 28.9 Å². The number of rotatable bonds is 1. The summed E-state index contributed by atoms with van der Waals surface area (Å²) in [5, 5.41) is 5.39. The van der Waals surface area contributed by atoms with Crippen molar-refractivity contribution in [1.82, 2.24) is 10.2 Å². The molecule has 3 nitrogen and oxygen atoms in total. The first-order valence-electron chi connectivity index (χ1n) is 6.04. The lowest BCUT2D eigenvalue weighted by Gasteiger charge is -2.27. The van der Waals surface area contributed by atoms with E-state index in [9.17, 15) is 4.79 Å². The van der Waals surface area contributed by atoms with Crippen LogP contribution in [0, 0.1) is 0 Å². The van der Waals surface area contributed by atoms with E-state index in [0.29, 0.717) is 12.1 Å². The number of hydrogen-bond acceptors (Lipinski definition) is 3. The number of thiophene rings is 1. The molecule has 0 aromatic carbocycles. The molecule has 1 amide bonds. The topological polar surface area (TPSA) is 32.3 Å². The summed E-state index contributed by atoms with van der Waals surface area (Å²) in [6.45, 7) is 1.99. The zero-order valence-electron chi connectivity index (χ0n) is 9.49. The van der Waals surface area contributed by atoms with Gasteiger partial charge in [-0.05, 0) is 53.2 Å². The van der Waals surface area contributed by atoms with Crippen molar-refractivity contribution in [2.45, 2.75) is 31.3 Å². The number of amides is 1. The molecule has 2 atom stereocenters. The highest BCUT2D eigenvalue weighted by Gasteiger charge is 2.39. The van der Waals surface area contributed by atoms with Crippen LogP contribution < -0.4 is 5.32 Å². The van der Waals surface area contributed by atoms with E-state index in [0.717, 1.165) is 35.3 Å². The number of nitrogens with one attached hydrogen (secondary N) is 1. The fourth-order valence-corrected chi connectivity index (χ4v) is 4.36. The number of carbonyl (C=O) groups is 1. The van der Waals surface area contributed by atoms with E-state index < -0.39 is 0 Å². The monoisotopic (exact) mass is 314 g/mol. The minimum atomic E-state index is 0.211. The van der Waals surface area contributed by atoms with Gasteiger partial charge in [0.05, 0.1) is 0 Å². The molecule has 0 aliphatic carbocycles. The van der Waals surface area contributed by atoms with Crippen molar-refractivity contribution in [3.63, 3.8) is 0 Å². The number of carbonyl (C=O) groups excluding carboxylic acids is 1. The van der Waals surface area contributed by atoms with Gasteiger partial charge in [-0.3, -0.25) is 4.79 Å². The molecule has 0 spiro atoms. The Bertz CT molecular complexity index is 420. The first-order valence-corrected chi connectivity index (χ1v) is 7.71. The quantitative estimate of drug-likeness (QED) is 0.863. The maximum absolute atomic E-state index is 12.6. The molecule has 3 heterocycles. The van der Waals surface area contributed by atoms with E-state index in [1.807, 2.05) is 11.4 Å². The summed E-state index contributed by atoms with van der Waals surface area (Å²) in [7, 11) is 0. The van der Waals surface area contributed by atoms with E-state index >= 15 is 0 Å². The third-order valence-corrected chi connectivity index (χ3v) is 5.53. The molecule has 1 N–H and O–H groups in total. The molecule has 1 aromatic heterocycles. The summed E-state index contributed by atoms with van der Waals surface area (Å²) in [5.41, 5.74) is 0.